The molecule has 1 aromatic rings. The zero-order valence-electron chi connectivity index (χ0n) is 11.5. The SMILES string of the molecule is CC(CS(C)=O)NS(=O)(=O)CCSc1ccc(N)cc1. The van der Waals surface area contributed by atoms with Crippen LogP contribution in [0, 0.1) is 0 Å². The fraction of sp³-hybridized carbons (Fsp3) is 0.500. The maximum Gasteiger partial charge on any atom is 0.212 e. The molecule has 0 saturated carbocycles. The lowest BCUT2D eigenvalue weighted by atomic mass is 10.3. The minimum absolute atomic E-state index is 0.0305. The lowest BCUT2D eigenvalue weighted by Gasteiger charge is -2.12. The summed E-state index contributed by atoms with van der Waals surface area (Å²) in [6, 6.07) is 6.99. The van der Waals surface area contributed by atoms with Crippen LogP contribution < -0.4 is 10.5 Å². The van der Waals surface area contributed by atoms with Gasteiger partial charge in [0.25, 0.3) is 0 Å². The maximum absolute atomic E-state index is 11.8. The molecule has 8 heteroatoms. The molecule has 5 nitrogen and oxygen atoms in total. The van der Waals surface area contributed by atoms with Crippen LogP contribution in [-0.4, -0.2) is 42.2 Å². The monoisotopic (exact) mass is 336 g/mol. The quantitative estimate of drug-likeness (QED) is 0.547. The fourth-order valence-electron chi connectivity index (χ4n) is 1.58. The molecule has 0 aliphatic heterocycles. The van der Waals surface area contributed by atoms with E-state index in [0.29, 0.717) is 17.2 Å². The lowest BCUT2D eigenvalue weighted by Crippen LogP contribution is -2.38. The van der Waals surface area contributed by atoms with Gasteiger partial charge in [0.1, 0.15) is 0 Å². The van der Waals surface area contributed by atoms with Crippen LogP contribution in [0.5, 0.6) is 0 Å². The summed E-state index contributed by atoms with van der Waals surface area (Å²) in [6.45, 7) is 1.71. The average Bonchev–Trinajstić information content (AvgIpc) is 2.29. The Morgan fingerprint density at radius 3 is 2.50 bits per heavy atom. The van der Waals surface area contributed by atoms with Gasteiger partial charge < -0.3 is 5.73 Å². The van der Waals surface area contributed by atoms with Gasteiger partial charge in [0, 0.05) is 45.2 Å². The molecule has 1 rings (SSSR count). The minimum atomic E-state index is -3.33. The van der Waals surface area contributed by atoms with Crippen molar-refractivity contribution in [1.29, 1.82) is 0 Å². The zero-order chi connectivity index (χ0) is 15.2. The normalized spacial score (nSPS) is 14.9. The van der Waals surface area contributed by atoms with Crippen molar-refractivity contribution in [2.75, 3.05) is 29.2 Å². The van der Waals surface area contributed by atoms with E-state index in [9.17, 15) is 12.6 Å². The van der Waals surface area contributed by atoms with Gasteiger partial charge in [-0.25, -0.2) is 13.1 Å². The van der Waals surface area contributed by atoms with E-state index in [2.05, 4.69) is 4.72 Å². The lowest BCUT2D eigenvalue weighted by molar-refractivity contribution is 0.571. The molecule has 0 radical (unpaired) electrons. The van der Waals surface area contributed by atoms with Gasteiger partial charge in [0.15, 0.2) is 0 Å². The summed E-state index contributed by atoms with van der Waals surface area (Å²) in [5, 5.41) is 0. The smallest absolute Gasteiger partial charge is 0.212 e. The van der Waals surface area contributed by atoms with Crippen LogP contribution in [-0.2, 0) is 20.8 Å². The second kappa shape index (κ2) is 8.02. The van der Waals surface area contributed by atoms with E-state index >= 15 is 0 Å². The number of hydrogen-bond donors (Lipinski definition) is 2. The molecule has 0 aliphatic carbocycles. The zero-order valence-corrected chi connectivity index (χ0v) is 14.0. The van der Waals surface area contributed by atoms with E-state index in [-0.39, 0.29) is 11.8 Å². The molecule has 0 heterocycles. The summed E-state index contributed by atoms with van der Waals surface area (Å²) in [4.78, 5) is 0.983. The third-order valence-electron chi connectivity index (χ3n) is 2.37. The standard InChI is InChI=1S/C12H20N2O3S3/c1-10(9-19(2)15)14-20(16,17)8-7-18-12-5-3-11(13)4-6-12/h3-6,10,14H,7-9,13H2,1-2H3. The van der Waals surface area contributed by atoms with Crippen LogP contribution in [0.3, 0.4) is 0 Å². The summed E-state index contributed by atoms with van der Waals surface area (Å²) in [5.74, 6) is 0.814. The number of nitrogens with two attached hydrogens (primary N) is 1. The Morgan fingerprint density at radius 1 is 1.35 bits per heavy atom. The largest absolute Gasteiger partial charge is 0.399 e. The van der Waals surface area contributed by atoms with E-state index in [1.807, 2.05) is 12.1 Å². The molecule has 0 aromatic heterocycles. The third kappa shape index (κ3) is 7.28. The van der Waals surface area contributed by atoms with E-state index in [0.717, 1.165) is 4.90 Å². The summed E-state index contributed by atoms with van der Waals surface area (Å²) >= 11 is 1.46. The van der Waals surface area contributed by atoms with Crippen LogP contribution in [0.4, 0.5) is 5.69 Å². The van der Waals surface area contributed by atoms with E-state index < -0.39 is 20.8 Å². The first-order valence-corrected chi connectivity index (χ1v) is 10.4. The first kappa shape index (κ1) is 17.5. The second-order valence-electron chi connectivity index (χ2n) is 4.50. The van der Waals surface area contributed by atoms with Crippen LogP contribution in [0.15, 0.2) is 29.2 Å². The summed E-state index contributed by atoms with van der Waals surface area (Å²) in [7, 11) is -4.35. The Hall–Kier alpha value is -0.570. The molecule has 0 saturated heterocycles. The van der Waals surface area contributed by atoms with Crippen molar-refractivity contribution >= 4 is 38.3 Å². The molecule has 1 aromatic carbocycles. The Kier molecular flexibility index (Phi) is 7.01. The molecule has 20 heavy (non-hydrogen) atoms. The van der Waals surface area contributed by atoms with Crippen molar-refractivity contribution < 1.29 is 12.6 Å². The van der Waals surface area contributed by atoms with Gasteiger partial charge in [-0.1, -0.05) is 0 Å². The molecular formula is C12H20N2O3S3. The molecule has 0 aliphatic rings. The number of thioether (sulfide) groups is 1. The van der Waals surface area contributed by atoms with Gasteiger partial charge in [-0.3, -0.25) is 4.21 Å². The molecular weight excluding hydrogens is 316 g/mol. The summed E-state index contributed by atoms with van der Waals surface area (Å²) in [6.07, 6.45) is 1.56. The maximum atomic E-state index is 11.8. The van der Waals surface area contributed by atoms with Crippen molar-refractivity contribution in [3.8, 4) is 0 Å². The fourth-order valence-corrected chi connectivity index (χ4v) is 5.07. The minimum Gasteiger partial charge on any atom is -0.399 e. The Labute approximate surface area is 127 Å². The molecule has 2 unspecified atom stereocenters. The predicted molar refractivity (Wildman–Crippen MR) is 86.9 cm³/mol. The van der Waals surface area contributed by atoms with Gasteiger partial charge in [-0.2, -0.15) is 0 Å². The average molecular weight is 337 g/mol. The van der Waals surface area contributed by atoms with Crippen molar-refractivity contribution in [3.05, 3.63) is 24.3 Å². The number of nitrogen functional groups attached to an aromatic ring is 1. The van der Waals surface area contributed by atoms with Gasteiger partial charge in [0.05, 0.1) is 5.75 Å². The molecule has 0 amide bonds. The summed E-state index contributed by atoms with van der Waals surface area (Å²) in [5.41, 5.74) is 6.26. The highest BCUT2D eigenvalue weighted by atomic mass is 32.2. The Morgan fingerprint density at radius 2 is 1.95 bits per heavy atom. The molecule has 0 bridgehead atoms. The first-order chi connectivity index (χ1) is 9.28. The first-order valence-electron chi connectivity index (χ1n) is 6.07. The number of sulfonamides is 1. The number of anilines is 1. The molecule has 0 spiro atoms. The highest BCUT2D eigenvalue weighted by molar-refractivity contribution is 8.00. The van der Waals surface area contributed by atoms with Crippen molar-refractivity contribution in [2.45, 2.75) is 17.9 Å². The highest BCUT2D eigenvalue weighted by Gasteiger charge is 2.15. The van der Waals surface area contributed by atoms with Gasteiger partial charge in [-0.05, 0) is 31.2 Å². The van der Waals surface area contributed by atoms with Gasteiger partial charge in [-0.15, -0.1) is 11.8 Å². The third-order valence-corrected chi connectivity index (χ3v) is 6.11. The van der Waals surface area contributed by atoms with Gasteiger partial charge >= 0.3 is 0 Å². The van der Waals surface area contributed by atoms with Crippen LogP contribution in [0.1, 0.15) is 6.92 Å². The molecule has 3 N–H and O–H groups in total. The Balaban J connectivity index is 2.39. The van der Waals surface area contributed by atoms with E-state index in [1.54, 1.807) is 25.3 Å². The Bertz CT molecular complexity index is 544. The number of rotatable bonds is 8. The number of benzene rings is 1. The van der Waals surface area contributed by atoms with E-state index in [1.165, 1.54) is 11.8 Å². The van der Waals surface area contributed by atoms with Gasteiger partial charge in [0.2, 0.25) is 10.0 Å². The van der Waals surface area contributed by atoms with Crippen LogP contribution in [0.25, 0.3) is 0 Å². The van der Waals surface area contributed by atoms with Crippen molar-refractivity contribution in [2.24, 2.45) is 0 Å². The number of nitrogens with one attached hydrogen (secondary N) is 1. The number of hydrogen-bond acceptors (Lipinski definition) is 5. The van der Waals surface area contributed by atoms with Crippen molar-refractivity contribution in [1.82, 2.24) is 4.72 Å². The van der Waals surface area contributed by atoms with Crippen LogP contribution >= 0.6 is 11.8 Å². The van der Waals surface area contributed by atoms with E-state index in [4.69, 9.17) is 5.73 Å². The van der Waals surface area contributed by atoms with Crippen molar-refractivity contribution in [3.63, 3.8) is 0 Å². The molecule has 114 valence electrons. The van der Waals surface area contributed by atoms with Crippen LogP contribution in [0.2, 0.25) is 0 Å². The highest BCUT2D eigenvalue weighted by Crippen LogP contribution is 2.19. The predicted octanol–water partition coefficient (Wildman–Crippen LogP) is 1.05. The topological polar surface area (TPSA) is 89.3 Å². The molecule has 0 fully saturated rings. The molecule has 2 atom stereocenters. The summed E-state index contributed by atoms with van der Waals surface area (Å²) < 4.78 is 37.2. The second-order valence-corrected chi connectivity index (χ2v) is 9.02.